The highest BCUT2D eigenvalue weighted by molar-refractivity contribution is 5.95. The molecule has 1 atom stereocenters. The monoisotopic (exact) mass is 248 g/mol. The molecule has 5 heteroatoms. The summed E-state index contributed by atoms with van der Waals surface area (Å²) in [7, 11) is 0. The number of rotatable bonds is 2. The standard InChI is InChI=1S/C13H16N2O3/c16-13-8-18-12-6-9(3-4-11(12)15-13)14-10-2-1-5-17-7-10/h3-4,6,10,14H,1-2,5,7-8H2,(H,15,16)/t10-/m1/s1. The van der Waals surface area contributed by atoms with Gasteiger partial charge in [-0.25, -0.2) is 0 Å². The number of hydrogen-bond acceptors (Lipinski definition) is 4. The van der Waals surface area contributed by atoms with Gasteiger partial charge < -0.3 is 20.1 Å². The van der Waals surface area contributed by atoms with Crippen molar-refractivity contribution in [2.24, 2.45) is 0 Å². The third-order valence-electron chi connectivity index (χ3n) is 3.15. The normalized spacial score (nSPS) is 22.7. The van der Waals surface area contributed by atoms with Gasteiger partial charge >= 0.3 is 0 Å². The van der Waals surface area contributed by atoms with Gasteiger partial charge in [0.1, 0.15) is 5.75 Å². The number of anilines is 2. The molecule has 5 nitrogen and oxygen atoms in total. The molecule has 1 fully saturated rings. The van der Waals surface area contributed by atoms with Gasteiger partial charge in [-0.05, 0) is 25.0 Å². The highest BCUT2D eigenvalue weighted by Crippen LogP contribution is 2.31. The predicted molar refractivity (Wildman–Crippen MR) is 68.0 cm³/mol. The minimum atomic E-state index is -0.108. The minimum absolute atomic E-state index is 0.0863. The summed E-state index contributed by atoms with van der Waals surface area (Å²) in [5, 5.41) is 6.20. The van der Waals surface area contributed by atoms with E-state index in [0.29, 0.717) is 6.04 Å². The molecule has 0 aromatic heterocycles. The summed E-state index contributed by atoms with van der Waals surface area (Å²) < 4.78 is 10.8. The molecule has 2 heterocycles. The molecule has 2 aliphatic heterocycles. The Kier molecular flexibility index (Phi) is 3.06. The Morgan fingerprint density at radius 1 is 1.39 bits per heavy atom. The highest BCUT2D eigenvalue weighted by atomic mass is 16.5. The van der Waals surface area contributed by atoms with Gasteiger partial charge in [0.25, 0.3) is 5.91 Å². The summed E-state index contributed by atoms with van der Waals surface area (Å²) in [5.74, 6) is 0.611. The van der Waals surface area contributed by atoms with Crippen molar-refractivity contribution in [3.8, 4) is 5.75 Å². The average molecular weight is 248 g/mol. The van der Waals surface area contributed by atoms with Crippen LogP contribution in [0.25, 0.3) is 0 Å². The van der Waals surface area contributed by atoms with Crippen LogP contribution in [0.3, 0.4) is 0 Å². The summed E-state index contributed by atoms with van der Waals surface area (Å²) in [4.78, 5) is 11.2. The third kappa shape index (κ3) is 2.41. The second-order valence-corrected chi connectivity index (χ2v) is 4.61. The first-order chi connectivity index (χ1) is 8.81. The van der Waals surface area contributed by atoms with Crippen molar-refractivity contribution in [2.75, 3.05) is 30.5 Å². The van der Waals surface area contributed by atoms with Crippen LogP contribution in [0.1, 0.15) is 12.8 Å². The van der Waals surface area contributed by atoms with Gasteiger partial charge in [0, 0.05) is 24.4 Å². The van der Waals surface area contributed by atoms with E-state index in [0.717, 1.165) is 43.2 Å². The Morgan fingerprint density at radius 2 is 2.33 bits per heavy atom. The first-order valence-electron chi connectivity index (χ1n) is 6.22. The first kappa shape index (κ1) is 11.3. The minimum Gasteiger partial charge on any atom is -0.482 e. The molecule has 0 aliphatic carbocycles. The molecule has 18 heavy (non-hydrogen) atoms. The smallest absolute Gasteiger partial charge is 0.262 e. The number of ether oxygens (including phenoxy) is 2. The van der Waals surface area contributed by atoms with Crippen molar-refractivity contribution in [1.82, 2.24) is 0 Å². The lowest BCUT2D eigenvalue weighted by Gasteiger charge is -2.25. The number of amides is 1. The maximum Gasteiger partial charge on any atom is 0.262 e. The molecule has 1 saturated heterocycles. The fourth-order valence-electron chi connectivity index (χ4n) is 2.25. The number of hydrogen-bond donors (Lipinski definition) is 2. The van der Waals surface area contributed by atoms with Gasteiger partial charge in [0.15, 0.2) is 6.61 Å². The summed E-state index contributed by atoms with van der Waals surface area (Å²) in [6.07, 6.45) is 2.21. The Hall–Kier alpha value is -1.75. The number of carbonyl (C=O) groups is 1. The zero-order valence-corrected chi connectivity index (χ0v) is 10.1. The van der Waals surface area contributed by atoms with Crippen molar-refractivity contribution in [2.45, 2.75) is 18.9 Å². The Bertz CT molecular complexity index is 456. The summed E-state index contributed by atoms with van der Waals surface area (Å²) in [6, 6.07) is 6.08. The molecule has 1 amide bonds. The summed E-state index contributed by atoms with van der Waals surface area (Å²) >= 11 is 0. The fraction of sp³-hybridized carbons (Fsp3) is 0.462. The molecule has 0 saturated carbocycles. The highest BCUT2D eigenvalue weighted by Gasteiger charge is 2.18. The van der Waals surface area contributed by atoms with Crippen LogP contribution in [0.4, 0.5) is 11.4 Å². The van der Waals surface area contributed by atoms with E-state index in [-0.39, 0.29) is 12.5 Å². The molecule has 0 spiro atoms. The SMILES string of the molecule is O=C1COc2cc(N[C@@H]3CCCOC3)ccc2N1. The van der Waals surface area contributed by atoms with E-state index in [2.05, 4.69) is 10.6 Å². The fourth-order valence-corrected chi connectivity index (χ4v) is 2.25. The van der Waals surface area contributed by atoms with Crippen molar-refractivity contribution in [3.05, 3.63) is 18.2 Å². The molecule has 0 bridgehead atoms. The van der Waals surface area contributed by atoms with E-state index in [9.17, 15) is 4.79 Å². The molecule has 0 radical (unpaired) electrons. The molecule has 3 rings (SSSR count). The van der Waals surface area contributed by atoms with Crippen molar-refractivity contribution in [3.63, 3.8) is 0 Å². The molecular weight excluding hydrogens is 232 g/mol. The van der Waals surface area contributed by atoms with Crippen LogP contribution in [-0.2, 0) is 9.53 Å². The first-order valence-corrected chi connectivity index (χ1v) is 6.22. The zero-order chi connectivity index (χ0) is 12.4. The predicted octanol–water partition coefficient (Wildman–Crippen LogP) is 1.61. The summed E-state index contributed by atoms with van der Waals surface area (Å²) in [6.45, 7) is 1.69. The maximum absolute atomic E-state index is 11.2. The van der Waals surface area contributed by atoms with Crippen LogP contribution in [0.2, 0.25) is 0 Å². The van der Waals surface area contributed by atoms with Crippen LogP contribution >= 0.6 is 0 Å². The van der Waals surface area contributed by atoms with Crippen LogP contribution in [0.15, 0.2) is 18.2 Å². The van der Waals surface area contributed by atoms with Gasteiger partial charge in [-0.3, -0.25) is 4.79 Å². The zero-order valence-electron chi connectivity index (χ0n) is 10.1. The van der Waals surface area contributed by atoms with E-state index in [1.807, 2.05) is 18.2 Å². The van der Waals surface area contributed by atoms with E-state index >= 15 is 0 Å². The van der Waals surface area contributed by atoms with E-state index in [1.54, 1.807) is 0 Å². The molecule has 1 aromatic carbocycles. The van der Waals surface area contributed by atoms with Crippen molar-refractivity contribution in [1.29, 1.82) is 0 Å². The lowest BCUT2D eigenvalue weighted by atomic mass is 10.1. The van der Waals surface area contributed by atoms with Gasteiger partial charge in [0.2, 0.25) is 0 Å². The lowest BCUT2D eigenvalue weighted by Crippen LogP contribution is -2.30. The molecule has 2 N–H and O–H groups in total. The number of fused-ring (bicyclic) bond motifs is 1. The second-order valence-electron chi connectivity index (χ2n) is 4.61. The summed E-state index contributed by atoms with van der Waals surface area (Å²) in [5.41, 5.74) is 1.73. The van der Waals surface area contributed by atoms with Crippen molar-refractivity contribution >= 4 is 17.3 Å². The van der Waals surface area contributed by atoms with Crippen LogP contribution in [0.5, 0.6) is 5.75 Å². The largest absolute Gasteiger partial charge is 0.482 e. The van der Waals surface area contributed by atoms with Gasteiger partial charge in [-0.15, -0.1) is 0 Å². The second kappa shape index (κ2) is 4.86. The van der Waals surface area contributed by atoms with Crippen LogP contribution < -0.4 is 15.4 Å². The van der Waals surface area contributed by atoms with E-state index in [4.69, 9.17) is 9.47 Å². The van der Waals surface area contributed by atoms with E-state index < -0.39 is 0 Å². The molecule has 1 aromatic rings. The van der Waals surface area contributed by atoms with Crippen LogP contribution in [-0.4, -0.2) is 31.8 Å². The number of nitrogens with one attached hydrogen (secondary N) is 2. The maximum atomic E-state index is 11.2. The van der Waals surface area contributed by atoms with Gasteiger partial charge in [0.05, 0.1) is 12.3 Å². The molecular formula is C13H16N2O3. The third-order valence-corrected chi connectivity index (χ3v) is 3.15. The Labute approximate surface area is 105 Å². The van der Waals surface area contributed by atoms with Gasteiger partial charge in [-0.2, -0.15) is 0 Å². The Balaban J connectivity index is 1.71. The van der Waals surface area contributed by atoms with Crippen LogP contribution in [0, 0.1) is 0 Å². The lowest BCUT2D eigenvalue weighted by molar-refractivity contribution is -0.118. The number of benzene rings is 1. The average Bonchev–Trinajstić information content (AvgIpc) is 2.40. The molecule has 0 unspecified atom stereocenters. The molecule has 96 valence electrons. The Morgan fingerprint density at radius 3 is 3.17 bits per heavy atom. The van der Waals surface area contributed by atoms with Crippen molar-refractivity contribution < 1.29 is 14.3 Å². The topological polar surface area (TPSA) is 59.6 Å². The molecule has 2 aliphatic rings. The number of carbonyl (C=O) groups excluding carboxylic acids is 1. The van der Waals surface area contributed by atoms with Gasteiger partial charge in [-0.1, -0.05) is 0 Å². The van der Waals surface area contributed by atoms with E-state index in [1.165, 1.54) is 0 Å². The quantitative estimate of drug-likeness (QED) is 0.834.